The van der Waals surface area contributed by atoms with Crippen molar-refractivity contribution >= 4 is 5.84 Å². The van der Waals surface area contributed by atoms with Gasteiger partial charge in [-0.3, -0.25) is 5.41 Å². The van der Waals surface area contributed by atoms with E-state index in [1.165, 1.54) is 0 Å². The van der Waals surface area contributed by atoms with Gasteiger partial charge in [-0.1, -0.05) is 13.8 Å². The highest BCUT2D eigenvalue weighted by Crippen LogP contribution is 2.17. The van der Waals surface area contributed by atoms with E-state index in [1.54, 1.807) is 6.26 Å². The van der Waals surface area contributed by atoms with E-state index in [1.807, 2.05) is 6.92 Å². The Morgan fingerprint density at radius 2 is 2.17 bits per heavy atom. The van der Waals surface area contributed by atoms with E-state index in [9.17, 15) is 0 Å². The van der Waals surface area contributed by atoms with Crippen molar-refractivity contribution in [2.75, 3.05) is 0 Å². The first-order valence-corrected chi connectivity index (χ1v) is 4.14. The molecule has 0 aliphatic rings. The smallest absolute Gasteiger partial charge is 0.171 e. The average molecular weight is 166 g/mol. The molecule has 66 valence electrons. The van der Waals surface area contributed by atoms with E-state index in [-0.39, 0.29) is 5.84 Å². The third-order valence-corrected chi connectivity index (χ3v) is 1.96. The SMILES string of the molecule is CCc1coc(C(=N)N)c1CC. The maximum atomic E-state index is 7.25. The van der Waals surface area contributed by atoms with Crippen LogP contribution in [0, 0.1) is 5.41 Å². The Morgan fingerprint density at radius 3 is 2.58 bits per heavy atom. The summed E-state index contributed by atoms with van der Waals surface area (Å²) in [6, 6.07) is 0. The second kappa shape index (κ2) is 3.43. The van der Waals surface area contributed by atoms with E-state index < -0.39 is 0 Å². The normalized spacial score (nSPS) is 10.2. The van der Waals surface area contributed by atoms with Crippen molar-refractivity contribution in [1.29, 1.82) is 5.41 Å². The molecule has 3 N–H and O–H groups in total. The lowest BCUT2D eigenvalue weighted by Gasteiger charge is -1.98. The fourth-order valence-corrected chi connectivity index (χ4v) is 1.33. The highest BCUT2D eigenvalue weighted by atomic mass is 16.3. The molecule has 0 aromatic carbocycles. The maximum absolute atomic E-state index is 7.25. The first-order chi connectivity index (χ1) is 5.70. The summed E-state index contributed by atoms with van der Waals surface area (Å²) in [4.78, 5) is 0. The van der Waals surface area contributed by atoms with Crippen LogP contribution in [-0.4, -0.2) is 5.84 Å². The van der Waals surface area contributed by atoms with Gasteiger partial charge in [-0.2, -0.15) is 0 Å². The monoisotopic (exact) mass is 166 g/mol. The molecule has 0 saturated carbocycles. The van der Waals surface area contributed by atoms with Gasteiger partial charge >= 0.3 is 0 Å². The van der Waals surface area contributed by atoms with Gasteiger partial charge in [0.25, 0.3) is 0 Å². The predicted octanol–water partition coefficient (Wildman–Crippen LogP) is 1.69. The number of furan rings is 1. The van der Waals surface area contributed by atoms with Gasteiger partial charge in [-0.25, -0.2) is 0 Å². The van der Waals surface area contributed by atoms with Crippen LogP contribution in [0.1, 0.15) is 30.7 Å². The van der Waals surface area contributed by atoms with Gasteiger partial charge in [-0.15, -0.1) is 0 Å². The van der Waals surface area contributed by atoms with Crippen molar-refractivity contribution in [3.63, 3.8) is 0 Å². The second-order valence-electron chi connectivity index (χ2n) is 2.69. The Balaban J connectivity index is 3.13. The Hall–Kier alpha value is -1.25. The van der Waals surface area contributed by atoms with E-state index >= 15 is 0 Å². The second-order valence-corrected chi connectivity index (χ2v) is 2.69. The summed E-state index contributed by atoms with van der Waals surface area (Å²) in [6.07, 6.45) is 3.49. The fraction of sp³-hybridized carbons (Fsp3) is 0.444. The molecule has 0 bridgehead atoms. The Bertz CT molecular complexity index is 289. The largest absolute Gasteiger partial charge is 0.461 e. The minimum atomic E-state index is 0.0200. The zero-order chi connectivity index (χ0) is 9.14. The van der Waals surface area contributed by atoms with E-state index in [0.29, 0.717) is 5.76 Å². The molecule has 0 fully saturated rings. The molecule has 0 unspecified atom stereocenters. The zero-order valence-corrected chi connectivity index (χ0v) is 7.48. The van der Waals surface area contributed by atoms with E-state index in [0.717, 1.165) is 24.0 Å². The molecule has 1 aromatic heterocycles. The van der Waals surface area contributed by atoms with Crippen molar-refractivity contribution in [2.45, 2.75) is 26.7 Å². The van der Waals surface area contributed by atoms with Crippen LogP contribution in [0.2, 0.25) is 0 Å². The molecule has 0 spiro atoms. The number of nitrogens with two attached hydrogens (primary N) is 1. The highest BCUT2D eigenvalue weighted by molar-refractivity contribution is 5.93. The number of rotatable bonds is 3. The molecule has 1 aromatic rings. The van der Waals surface area contributed by atoms with Gasteiger partial charge in [0.1, 0.15) is 0 Å². The standard InChI is InChI=1S/C9H14N2O/c1-3-6-5-12-8(9(10)11)7(6)4-2/h5H,3-4H2,1-2H3,(H3,10,11). The highest BCUT2D eigenvalue weighted by Gasteiger charge is 2.12. The van der Waals surface area contributed by atoms with Gasteiger partial charge in [-0.05, 0) is 18.4 Å². The molecule has 3 nitrogen and oxygen atoms in total. The molecule has 0 atom stereocenters. The maximum Gasteiger partial charge on any atom is 0.171 e. The lowest BCUT2D eigenvalue weighted by Crippen LogP contribution is -2.12. The summed E-state index contributed by atoms with van der Waals surface area (Å²) >= 11 is 0. The van der Waals surface area contributed by atoms with Crippen molar-refractivity contribution in [1.82, 2.24) is 0 Å². The minimum Gasteiger partial charge on any atom is -0.461 e. The van der Waals surface area contributed by atoms with Gasteiger partial charge in [0.15, 0.2) is 11.6 Å². The fourth-order valence-electron chi connectivity index (χ4n) is 1.33. The van der Waals surface area contributed by atoms with Crippen LogP contribution in [0.4, 0.5) is 0 Å². The summed E-state index contributed by atoms with van der Waals surface area (Å²) in [5.41, 5.74) is 7.58. The van der Waals surface area contributed by atoms with Gasteiger partial charge in [0, 0.05) is 5.56 Å². The third kappa shape index (κ3) is 1.35. The Morgan fingerprint density at radius 1 is 1.50 bits per heavy atom. The molecule has 0 aliphatic carbocycles. The number of aryl methyl sites for hydroxylation is 1. The summed E-state index contributed by atoms with van der Waals surface area (Å²) < 4.78 is 5.19. The first kappa shape index (κ1) is 8.84. The van der Waals surface area contributed by atoms with Crippen molar-refractivity contribution in [2.24, 2.45) is 5.73 Å². The number of nitrogens with one attached hydrogen (secondary N) is 1. The molecular formula is C9H14N2O. The molecule has 1 heterocycles. The van der Waals surface area contributed by atoms with Crippen LogP contribution in [-0.2, 0) is 12.8 Å². The van der Waals surface area contributed by atoms with E-state index in [2.05, 4.69) is 6.92 Å². The lowest BCUT2D eigenvalue weighted by atomic mass is 10.1. The molecule has 0 amide bonds. The molecule has 1 rings (SSSR count). The van der Waals surface area contributed by atoms with Crippen molar-refractivity contribution in [3.8, 4) is 0 Å². The van der Waals surface area contributed by atoms with Crippen molar-refractivity contribution < 1.29 is 4.42 Å². The molecule has 0 saturated heterocycles. The van der Waals surface area contributed by atoms with Gasteiger partial charge in [0.2, 0.25) is 0 Å². The van der Waals surface area contributed by atoms with Crippen LogP contribution in [0.25, 0.3) is 0 Å². The summed E-state index contributed by atoms with van der Waals surface area (Å²) in [5.74, 6) is 0.556. The summed E-state index contributed by atoms with van der Waals surface area (Å²) in [5, 5.41) is 7.25. The van der Waals surface area contributed by atoms with Crippen LogP contribution < -0.4 is 5.73 Å². The molecule has 12 heavy (non-hydrogen) atoms. The van der Waals surface area contributed by atoms with E-state index in [4.69, 9.17) is 15.6 Å². The molecule has 0 aliphatic heterocycles. The van der Waals surface area contributed by atoms with Crippen LogP contribution >= 0.6 is 0 Å². The lowest BCUT2D eigenvalue weighted by molar-refractivity contribution is 0.550. The molecule has 3 heteroatoms. The van der Waals surface area contributed by atoms with Crippen molar-refractivity contribution in [3.05, 3.63) is 23.2 Å². The Labute approximate surface area is 72.1 Å². The zero-order valence-electron chi connectivity index (χ0n) is 7.48. The Kier molecular flexibility index (Phi) is 2.53. The topological polar surface area (TPSA) is 63.0 Å². The molecule has 0 radical (unpaired) electrons. The van der Waals surface area contributed by atoms with Crippen LogP contribution in [0.3, 0.4) is 0 Å². The minimum absolute atomic E-state index is 0.0200. The summed E-state index contributed by atoms with van der Waals surface area (Å²) in [6.45, 7) is 4.10. The van der Waals surface area contributed by atoms with Crippen LogP contribution in [0.15, 0.2) is 10.7 Å². The van der Waals surface area contributed by atoms with Crippen LogP contribution in [0.5, 0.6) is 0 Å². The number of amidine groups is 1. The number of nitrogen functional groups attached to an aromatic ring is 1. The first-order valence-electron chi connectivity index (χ1n) is 4.14. The number of hydrogen-bond acceptors (Lipinski definition) is 2. The third-order valence-electron chi connectivity index (χ3n) is 1.96. The summed E-state index contributed by atoms with van der Waals surface area (Å²) in [7, 11) is 0. The van der Waals surface area contributed by atoms with Gasteiger partial charge in [0.05, 0.1) is 6.26 Å². The number of hydrogen-bond donors (Lipinski definition) is 2. The van der Waals surface area contributed by atoms with Gasteiger partial charge < -0.3 is 10.2 Å². The quantitative estimate of drug-likeness (QED) is 0.530. The molecular weight excluding hydrogens is 152 g/mol. The average Bonchev–Trinajstić information content (AvgIpc) is 2.46. The predicted molar refractivity (Wildman–Crippen MR) is 48.5 cm³/mol.